The lowest BCUT2D eigenvalue weighted by Crippen LogP contribution is -2.54. The fraction of sp³-hybridized carbons (Fsp3) is 0.531. The van der Waals surface area contributed by atoms with Crippen molar-refractivity contribution in [3.05, 3.63) is 80.2 Å². The van der Waals surface area contributed by atoms with Gasteiger partial charge in [0.2, 0.25) is 0 Å². The van der Waals surface area contributed by atoms with Gasteiger partial charge in [-0.25, -0.2) is 14.2 Å². The Balaban J connectivity index is 1.86. The molecule has 2 N–H and O–H groups in total. The van der Waals surface area contributed by atoms with E-state index in [4.69, 9.17) is 14.2 Å². The largest absolute Gasteiger partial charge is 0.496 e. The molecule has 2 heterocycles. The van der Waals surface area contributed by atoms with Crippen molar-refractivity contribution in [2.75, 3.05) is 34.4 Å². The second kappa shape index (κ2) is 14.1. The zero-order valence-electron chi connectivity index (χ0n) is 26.4. The number of para-hydroxylation sites is 1. The fourth-order valence-electron chi connectivity index (χ4n) is 6.10. The van der Waals surface area contributed by atoms with Crippen LogP contribution in [0.4, 0.5) is 0 Å². The number of hydrogen-bond acceptors (Lipinski definition) is 9. The molecule has 2 fully saturated rings. The van der Waals surface area contributed by atoms with Crippen molar-refractivity contribution in [3.63, 3.8) is 0 Å². The van der Waals surface area contributed by atoms with E-state index < -0.39 is 28.9 Å². The van der Waals surface area contributed by atoms with Gasteiger partial charge in [-0.1, -0.05) is 43.5 Å². The molecule has 11 nitrogen and oxygen atoms in total. The van der Waals surface area contributed by atoms with Crippen molar-refractivity contribution in [1.29, 1.82) is 0 Å². The number of aliphatic carboxylic acids is 1. The van der Waals surface area contributed by atoms with Gasteiger partial charge in [-0.3, -0.25) is 9.36 Å². The second-order valence-electron chi connectivity index (χ2n) is 11.8. The SMILES string of the molecule is C=C(CO/C=C\NC)Sc1c(CC)c(=O)n(C(C)(C)C(=O)O)c(=O)n1CC(OC1CC2CC1CN2C)c1ccccc1OC. The number of carboxylic acid groups (broad SMARTS) is 1. The topological polar surface area (TPSA) is 124 Å². The summed E-state index contributed by atoms with van der Waals surface area (Å²) in [5.41, 5.74) is -2.09. The quantitative estimate of drug-likeness (QED) is 0.172. The molecule has 1 aliphatic carbocycles. The highest BCUT2D eigenvalue weighted by molar-refractivity contribution is 8.03. The number of nitrogens with zero attached hydrogens (tertiary/aromatic N) is 3. The van der Waals surface area contributed by atoms with E-state index in [1.54, 1.807) is 20.4 Å². The Morgan fingerprint density at radius 2 is 2.00 bits per heavy atom. The summed E-state index contributed by atoms with van der Waals surface area (Å²) in [6.07, 6.45) is 4.68. The van der Waals surface area contributed by atoms with Crippen LogP contribution in [0.5, 0.6) is 5.75 Å². The van der Waals surface area contributed by atoms with Crippen molar-refractivity contribution in [3.8, 4) is 5.75 Å². The third-order valence-electron chi connectivity index (χ3n) is 8.56. The molecule has 4 rings (SSSR count). The third-order valence-corrected chi connectivity index (χ3v) is 9.63. The normalized spacial score (nSPS) is 20.6. The molecule has 1 aliphatic heterocycles. The number of piperidine rings is 1. The molecule has 1 saturated heterocycles. The van der Waals surface area contributed by atoms with Gasteiger partial charge < -0.3 is 29.5 Å². The predicted octanol–water partition coefficient (Wildman–Crippen LogP) is 3.56. The van der Waals surface area contributed by atoms with Gasteiger partial charge >= 0.3 is 11.7 Å². The number of aromatic nitrogens is 2. The Hall–Kier alpha value is -3.48. The van der Waals surface area contributed by atoms with Crippen LogP contribution in [-0.4, -0.2) is 71.6 Å². The Morgan fingerprint density at radius 1 is 1.27 bits per heavy atom. The summed E-state index contributed by atoms with van der Waals surface area (Å²) in [5, 5.41) is 13.3. The first-order valence-electron chi connectivity index (χ1n) is 14.8. The van der Waals surface area contributed by atoms with Crippen molar-refractivity contribution in [2.24, 2.45) is 5.92 Å². The van der Waals surface area contributed by atoms with Crippen LogP contribution in [0.2, 0.25) is 0 Å². The Bertz CT molecular complexity index is 1510. The van der Waals surface area contributed by atoms with E-state index in [1.807, 2.05) is 31.2 Å². The number of benzene rings is 1. The smallest absolute Gasteiger partial charge is 0.332 e. The molecule has 4 atom stereocenters. The summed E-state index contributed by atoms with van der Waals surface area (Å²) >= 11 is 1.17. The van der Waals surface area contributed by atoms with Crippen LogP contribution in [0.3, 0.4) is 0 Å². The molecule has 1 aromatic carbocycles. The second-order valence-corrected chi connectivity index (χ2v) is 13.0. The van der Waals surface area contributed by atoms with Crippen LogP contribution in [0.1, 0.15) is 50.8 Å². The van der Waals surface area contributed by atoms with Crippen molar-refractivity contribution in [1.82, 2.24) is 19.4 Å². The molecule has 2 bridgehead atoms. The first-order valence-corrected chi connectivity index (χ1v) is 15.7. The molecule has 4 unspecified atom stereocenters. The van der Waals surface area contributed by atoms with Crippen LogP contribution in [0.25, 0.3) is 0 Å². The summed E-state index contributed by atoms with van der Waals surface area (Å²) in [4.78, 5) is 43.4. The molecule has 12 heteroatoms. The van der Waals surface area contributed by atoms with Gasteiger partial charge in [-0.05, 0) is 52.1 Å². The minimum Gasteiger partial charge on any atom is -0.496 e. The number of thioether (sulfide) groups is 1. The Morgan fingerprint density at radius 3 is 2.59 bits per heavy atom. The highest BCUT2D eigenvalue weighted by Gasteiger charge is 2.45. The number of rotatable bonds is 15. The van der Waals surface area contributed by atoms with Crippen LogP contribution in [0, 0.1) is 5.92 Å². The molecule has 2 aromatic rings. The minimum atomic E-state index is -1.79. The average Bonchev–Trinajstić information content (AvgIpc) is 3.55. The van der Waals surface area contributed by atoms with Crippen molar-refractivity contribution < 1.29 is 24.1 Å². The maximum atomic E-state index is 14.3. The van der Waals surface area contributed by atoms with Gasteiger partial charge in [0.1, 0.15) is 24.0 Å². The van der Waals surface area contributed by atoms with Crippen LogP contribution < -0.4 is 21.3 Å². The van der Waals surface area contributed by atoms with Gasteiger partial charge in [0.25, 0.3) is 5.56 Å². The van der Waals surface area contributed by atoms with Crippen LogP contribution in [0.15, 0.2) is 62.8 Å². The number of carboxylic acids is 1. The first-order chi connectivity index (χ1) is 20.9. The number of hydrogen-bond donors (Lipinski definition) is 2. The van der Waals surface area contributed by atoms with Gasteiger partial charge in [-0.15, -0.1) is 0 Å². The van der Waals surface area contributed by atoms with Crippen molar-refractivity contribution in [2.45, 2.75) is 75.4 Å². The summed E-state index contributed by atoms with van der Waals surface area (Å²) in [6, 6.07) is 7.98. The average molecular weight is 629 g/mol. The number of ether oxygens (including phenoxy) is 3. The number of likely N-dealkylation sites (tertiary alicyclic amines) is 1. The monoisotopic (exact) mass is 628 g/mol. The maximum absolute atomic E-state index is 14.3. The lowest BCUT2D eigenvalue weighted by molar-refractivity contribution is -0.146. The highest BCUT2D eigenvalue weighted by Crippen LogP contribution is 2.42. The van der Waals surface area contributed by atoms with E-state index in [9.17, 15) is 19.5 Å². The molecule has 1 saturated carbocycles. The van der Waals surface area contributed by atoms with E-state index >= 15 is 0 Å². The lowest BCUT2D eigenvalue weighted by Gasteiger charge is -2.33. The first kappa shape index (κ1) is 33.4. The van der Waals surface area contributed by atoms with Gasteiger partial charge in [0.05, 0.1) is 31.0 Å². The van der Waals surface area contributed by atoms with E-state index in [0.717, 1.165) is 29.5 Å². The maximum Gasteiger partial charge on any atom is 0.332 e. The third kappa shape index (κ3) is 6.77. The number of fused-ring (bicyclic) bond motifs is 2. The molecule has 0 amide bonds. The summed E-state index contributed by atoms with van der Waals surface area (Å²) < 4.78 is 20.4. The molecule has 44 heavy (non-hydrogen) atoms. The zero-order chi connectivity index (χ0) is 32.2. The summed E-state index contributed by atoms with van der Waals surface area (Å²) in [5.74, 6) is -0.311. The Labute approximate surface area is 262 Å². The van der Waals surface area contributed by atoms with Gasteiger partial charge in [0.15, 0.2) is 0 Å². The number of carbonyl (C=O) groups is 1. The Kier molecular flexibility index (Phi) is 10.7. The number of nitrogens with one attached hydrogen (secondary N) is 1. The van der Waals surface area contributed by atoms with E-state index in [2.05, 4.69) is 23.8 Å². The lowest BCUT2D eigenvalue weighted by atomic mass is 10.0. The molecule has 2 aliphatic rings. The molecule has 240 valence electrons. The molecule has 1 aromatic heterocycles. The van der Waals surface area contributed by atoms with Crippen LogP contribution >= 0.6 is 11.8 Å². The van der Waals surface area contributed by atoms with E-state index in [-0.39, 0.29) is 25.7 Å². The fourth-order valence-corrected chi connectivity index (χ4v) is 7.11. The predicted molar refractivity (Wildman–Crippen MR) is 170 cm³/mol. The van der Waals surface area contributed by atoms with E-state index in [1.165, 1.54) is 36.4 Å². The molecule has 0 radical (unpaired) electrons. The van der Waals surface area contributed by atoms with Gasteiger partial charge in [0, 0.05) is 41.9 Å². The van der Waals surface area contributed by atoms with Gasteiger partial charge in [-0.2, -0.15) is 0 Å². The highest BCUT2D eigenvalue weighted by atomic mass is 32.2. The summed E-state index contributed by atoms with van der Waals surface area (Å²) in [7, 11) is 5.47. The summed E-state index contributed by atoms with van der Waals surface area (Å²) in [6.45, 7) is 9.74. The standard InChI is InChI=1S/C32H44N4O7S/c1-8-23-28(37)36(32(3,4)30(38)39)31(40)35(29(23)44-20(2)19-42-14-13-33-5)18-27(24-11-9-10-12-25(24)41-7)43-26-16-22-15-21(26)17-34(22)6/h9-14,21-22,26-27,33H,2,8,15-19H2,1,3-7H3,(H,38,39)/b14-13-. The zero-order valence-corrected chi connectivity index (χ0v) is 27.2. The van der Waals surface area contributed by atoms with E-state index in [0.29, 0.717) is 33.2 Å². The molecular formula is C32H44N4O7S. The minimum absolute atomic E-state index is 0.0211. The molecular weight excluding hydrogens is 584 g/mol. The molecule has 0 spiro atoms. The van der Waals surface area contributed by atoms with Crippen LogP contribution in [-0.2, 0) is 32.8 Å². The van der Waals surface area contributed by atoms with Crippen molar-refractivity contribution >= 4 is 17.7 Å². The number of methoxy groups -OCH3 is 1.